The Balaban J connectivity index is -0.00000000259. The summed E-state index contributed by atoms with van der Waals surface area (Å²) < 4.78 is 0. The number of hydrogen-bond donors (Lipinski definition) is 12. The molecule has 0 unspecified atom stereocenters. The molecule has 0 aliphatic rings. The monoisotopic (exact) mass is 930 g/mol. The predicted octanol–water partition coefficient (Wildman–Crippen LogP) is -4.99. The van der Waals surface area contributed by atoms with Crippen LogP contribution in [0, 0.1) is 0 Å². The second kappa shape index (κ2) is 391. The normalized spacial score (nSPS) is 3.20. The molecular formula is C12H42Ca9O24. The average molecular weight is 931 g/mol. The Labute approximate surface area is 549 Å². The summed E-state index contributed by atoms with van der Waals surface area (Å²) in [5, 5.41) is 82.7. The number of hydrogen-bond acceptors (Lipinski definition) is 12. The molecule has 0 aliphatic carbocycles. The summed E-state index contributed by atoms with van der Waals surface area (Å²) in [6, 6.07) is 0. The Morgan fingerprint density at radius 3 is 0.178 bits per heavy atom. The molecule has 0 aromatic heterocycles. The van der Waals surface area contributed by atoms with Gasteiger partial charge in [0.1, 0.15) is 0 Å². The number of rotatable bonds is 0. The van der Waals surface area contributed by atoms with Crippen LogP contribution >= 0.6 is 0 Å². The van der Waals surface area contributed by atoms with E-state index < -0.39 is 0 Å². The van der Waals surface area contributed by atoms with Crippen molar-refractivity contribution in [1.29, 1.82) is 0 Å². The van der Waals surface area contributed by atoms with Crippen molar-refractivity contribution in [2.24, 2.45) is 0 Å². The smallest absolute Gasteiger partial charge is 1.00 e. The van der Waals surface area contributed by atoms with Crippen molar-refractivity contribution < 1.29 is 144 Å². The fourth-order valence-corrected chi connectivity index (χ4v) is 0. The third-order valence-electron chi connectivity index (χ3n) is 0. The minimum Gasteiger partial charge on any atom is -1.00 e. The fourth-order valence-electron chi connectivity index (χ4n) is 0. The van der Waals surface area contributed by atoms with Gasteiger partial charge in [0.2, 0.25) is 0 Å². The van der Waals surface area contributed by atoms with E-state index in [0.29, 0.717) is 0 Å². The predicted molar refractivity (Wildman–Crippen MR) is 176 cm³/mol. The molecule has 0 amide bonds. The van der Waals surface area contributed by atoms with Crippen molar-refractivity contribution in [2.75, 3.05) is 0 Å². The van der Waals surface area contributed by atoms with E-state index in [1.807, 2.05) is 0 Å². The summed E-state index contributed by atoms with van der Waals surface area (Å²) in [5.41, 5.74) is 0. The average Bonchev–Trinajstić information content (AvgIpc) is 2.75. The zero-order valence-electron chi connectivity index (χ0n) is 41.6. The molecule has 0 aliphatic heterocycles. The molecule has 0 saturated heterocycles. The summed E-state index contributed by atoms with van der Waals surface area (Å²) >= 11 is 0. The van der Waals surface area contributed by atoms with Gasteiger partial charge in [-0.3, -0.25) is 57.5 Å². The van der Waals surface area contributed by atoms with Crippen LogP contribution < -0.4 is 0 Å². The van der Waals surface area contributed by atoms with Crippen molar-refractivity contribution in [2.45, 2.75) is 0 Å². The van der Waals surface area contributed by atoms with Crippen molar-refractivity contribution in [3.05, 3.63) is 0 Å². The Morgan fingerprint density at radius 2 is 0.178 bits per heavy atom. The van der Waals surface area contributed by atoms with Gasteiger partial charge in [-0.05, 0) is 0 Å². The van der Waals surface area contributed by atoms with Crippen LogP contribution in [-0.4, -0.2) is 479 Å². The summed E-state index contributed by atoms with van der Waals surface area (Å²) in [4.78, 5) is 100. The first kappa shape index (κ1) is 143. The van der Waals surface area contributed by atoms with Crippen LogP contribution in [-0.2, 0) is 57.5 Å². The Kier molecular flexibility index (Phi) is 1240. The van der Waals surface area contributed by atoms with E-state index >= 15 is 0 Å². The topological polar surface area (TPSA) is 448 Å². The molecule has 0 aromatic rings. The largest absolute Gasteiger partial charge is 2.00 e. The third kappa shape index (κ3) is 4360. The summed E-state index contributed by atoms with van der Waals surface area (Å²) in [5.74, 6) is 0. The van der Waals surface area contributed by atoms with Crippen LogP contribution in [0.15, 0.2) is 0 Å². The molecule has 24 nitrogen and oxygen atoms in total. The first-order valence-corrected chi connectivity index (χ1v) is 5.93. The van der Waals surface area contributed by atoms with Gasteiger partial charge in [0.25, 0.3) is 77.7 Å². The fraction of sp³-hybridized carbons (Fsp3) is 0. The molecule has 33 heteroatoms. The minimum atomic E-state index is -0.250. The molecule has 0 heterocycles. The van der Waals surface area contributed by atoms with Gasteiger partial charge in [-0.15, -0.1) is 0 Å². The maximum absolute atomic E-state index is 8.36. The third-order valence-corrected chi connectivity index (χ3v) is 0. The van der Waals surface area contributed by atoms with Crippen LogP contribution in [0.2, 0.25) is 0 Å². The Hall–Kier alpha value is 4.98. The second-order valence-electron chi connectivity index (χ2n) is 1.26. The molecule has 45 heavy (non-hydrogen) atoms. The Morgan fingerprint density at radius 1 is 0.178 bits per heavy atom. The molecule has 0 rings (SSSR count). The standard InChI is InChI=1S/12CH2O2.9Ca.18H/c12*2-1-3;;;;;;;;;;;;;;;;;;;;;;;;;;;/h12*1H,(H,2,3);;;;;;;;;;;;;;;;;;;;;;;;;;;/q;;;;;;;;;;;;9*+2;18*-1. The quantitative estimate of drug-likeness (QED) is 0.0799. The molecule has 0 saturated carbocycles. The molecular weight excluding hydrogens is 889 g/mol. The maximum atomic E-state index is 8.36. The molecule has 0 aromatic carbocycles. The van der Waals surface area contributed by atoms with Crippen molar-refractivity contribution in [3.8, 4) is 0 Å². The molecule has 0 spiro atoms. The van der Waals surface area contributed by atoms with Crippen LogP contribution in [0.1, 0.15) is 25.7 Å². The van der Waals surface area contributed by atoms with Crippen molar-refractivity contribution >= 4 is 417 Å². The van der Waals surface area contributed by atoms with Crippen LogP contribution in [0.25, 0.3) is 0 Å². The van der Waals surface area contributed by atoms with Gasteiger partial charge in [0, 0.05) is 0 Å². The summed E-state index contributed by atoms with van der Waals surface area (Å²) in [6.45, 7) is -3.00. The first-order chi connectivity index (χ1) is 17.0. The molecule has 0 fully saturated rings. The molecule has 0 bridgehead atoms. The van der Waals surface area contributed by atoms with Gasteiger partial charge in [0.05, 0.1) is 0 Å². The van der Waals surface area contributed by atoms with E-state index in [-0.39, 0.29) is 443 Å². The molecule has 0 radical (unpaired) electrons. The zero-order valence-corrected chi connectivity index (χ0v) is 43.4. The van der Waals surface area contributed by atoms with E-state index in [1.165, 1.54) is 0 Å². The summed E-state index contributed by atoms with van der Waals surface area (Å²) in [6.07, 6.45) is 0. The summed E-state index contributed by atoms with van der Waals surface area (Å²) in [7, 11) is 0. The number of carbonyl (C=O) groups is 12. The van der Waals surface area contributed by atoms with Crippen molar-refractivity contribution in [3.63, 3.8) is 0 Å². The Bertz CT molecular complexity index is 339. The van der Waals surface area contributed by atoms with Gasteiger partial charge in [-0.25, -0.2) is 0 Å². The van der Waals surface area contributed by atoms with E-state index in [0.717, 1.165) is 0 Å². The van der Waals surface area contributed by atoms with Crippen molar-refractivity contribution in [1.82, 2.24) is 0 Å². The van der Waals surface area contributed by atoms with E-state index in [1.54, 1.807) is 0 Å². The molecule has 252 valence electrons. The molecule has 12 N–H and O–H groups in total. The number of carboxylic acid groups (broad SMARTS) is 12. The zero-order chi connectivity index (χ0) is 32.5. The van der Waals surface area contributed by atoms with Crippen LogP contribution in [0.4, 0.5) is 0 Å². The van der Waals surface area contributed by atoms with Crippen LogP contribution in [0.5, 0.6) is 0 Å². The first-order valence-electron chi connectivity index (χ1n) is 5.93. The van der Waals surface area contributed by atoms with Gasteiger partial charge in [-0.2, -0.15) is 0 Å². The SMILES string of the molecule is O=CO.O=CO.O=CO.O=CO.O=CO.O=CO.O=CO.O=CO.O=CO.O=CO.O=CO.O=CO.[Ca+2].[Ca+2].[Ca+2].[Ca+2].[Ca+2].[Ca+2].[Ca+2].[Ca+2].[Ca+2].[H-].[H-].[H-].[H-].[H-].[H-].[H-].[H-].[H-].[H-].[H-].[H-].[H-].[H-].[H-].[H-].[H-].[H-]. The van der Waals surface area contributed by atoms with Gasteiger partial charge in [-0.1, -0.05) is 0 Å². The van der Waals surface area contributed by atoms with E-state index in [2.05, 4.69) is 0 Å². The van der Waals surface area contributed by atoms with E-state index in [9.17, 15) is 0 Å². The van der Waals surface area contributed by atoms with Gasteiger partial charge < -0.3 is 87.0 Å². The van der Waals surface area contributed by atoms with Gasteiger partial charge in [0.15, 0.2) is 0 Å². The molecule has 0 atom stereocenters. The van der Waals surface area contributed by atoms with Gasteiger partial charge >= 0.3 is 340 Å². The minimum absolute atomic E-state index is 0. The second-order valence-corrected chi connectivity index (χ2v) is 1.26. The van der Waals surface area contributed by atoms with Crippen LogP contribution in [0.3, 0.4) is 0 Å². The van der Waals surface area contributed by atoms with E-state index in [4.69, 9.17) is 119 Å². The maximum Gasteiger partial charge on any atom is 2.00 e.